The first-order valence-corrected chi connectivity index (χ1v) is 7.51. The summed E-state index contributed by atoms with van der Waals surface area (Å²) in [4.78, 5) is 8.00. The monoisotopic (exact) mass is 288 g/mol. The van der Waals surface area contributed by atoms with Gasteiger partial charge >= 0.3 is 0 Å². The summed E-state index contributed by atoms with van der Waals surface area (Å²) in [7, 11) is 0. The third-order valence-electron chi connectivity index (χ3n) is 4.34. The summed E-state index contributed by atoms with van der Waals surface area (Å²) in [6.45, 7) is 8.87. The molecule has 0 fully saturated rings. The first kappa shape index (κ1) is 14.5. The third-order valence-corrected chi connectivity index (χ3v) is 4.34. The maximum Gasteiger partial charge on any atom is 0.106 e. The normalized spacial score (nSPS) is 11.8. The lowest BCUT2D eigenvalue weighted by Gasteiger charge is -2.23. The van der Waals surface area contributed by atoms with E-state index in [1.54, 1.807) is 0 Å². The van der Waals surface area contributed by atoms with Crippen LogP contribution in [0.2, 0.25) is 0 Å². The van der Waals surface area contributed by atoms with Gasteiger partial charge < -0.3 is 4.79 Å². The fourth-order valence-electron chi connectivity index (χ4n) is 3.39. The Labute approximate surface area is 130 Å². The van der Waals surface area contributed by atoms with Crippen molar-refractivity contribution < 1.29 is 4.79 Å². The number of hydrogen-bond acceptors (Lipinski definition) is 1. The molecule has 0 aliphatic carbocycles. The van der Waals surface area contributed by atoms with Crippen molar-refractivity contribution in [3.05, 3.63) is 60.2 Å². The maximum atomic E-state index is 8.00. The van der Waals surface area contributed by atoms with Crippen LogP contribution in [0.3, 0.4) is 0 Å². The van der Waals surface area contributed by atoms with Crippen LogP contribution in [0.25, 0.3) is 32.3 Å². The van der Waals surface area contributed by atoms with E-state index in [1.807, 2.05) is 6.79 Å². The van der Waals surface area contributed by atoms with E-state index in [4.69, 9.17) is 4.79 Å². The van der Waals surface area contributed by atoms with E-state index in [2.05, 4.69) is 75.4 Å². The molecular formula is C21H20O. The molecule has 0 aliphatic rings. The van der Waals surface area contributed by atoms with E-state index < -0.39 is 0 Å². The topological polar surface area (TPSA) is 17.1 Å². The van der Waals surface area contributed by atoms with Crippen molar-refractivity contribution >= 4 is 39.1 Å². The molecule has 0 amide bonds. The van der Waals surface area contributed by atoms with Crippen LogP contribution in [0.1, 0.15) is 26.3 Å². The quantitative estimate of drug-likeness (QED) is 0.379. The second-order valence-corrected chi connectivity index (χ2v) is 6.72. The average Bonchev–Trinajstić information content (AvgIpc) is 2.53. The molecule has 110 valence electrons. The van der Waals surface area contributed by atoms with Gasteiger partial charge in [0.25, 0.3) is 0 Å². The fourth-order valence-corrected chi connectivity index (χ4v) is 3.39. The third kappa shape index (κ3) is 2.05. The molecule has 0 heterocycles. The molecule has 0 aliphatic heterocycles. The summed E-state index contributed by atoms with van der Waals surface area (Å²) in [5.41, 5.74) is 1.60. The summed E-state index contributed by atoms with van der Waals surface area (Å²) in [6.07, 6.45) is 0. The van der Waals surface area contributed by atoms with Crippen LogP contribution in [0, 0.1) is 0 Å². The van der Waals surface area contributed by atoms with Crippen LogP contribution in [-0.4, -0.2) is 6.79 Å². The van der Waals surface area contributed by atoms with Crippen molar-refractivity contribution in [3.8, 4) is 0 Å². The highest BCUT2D eigenvalue weighted by molar-refractivity contribution is 6.23. The minimum Gasteiger partial charge on any atom is -0.307 e. The molecule has 4 aromatic carbocycles. The smallest absolute Gasteiger partial charge is 0.106 e. The largest absolute Gasteiger partial charge is 0.307 e. The highest BCUT2D eigenvalue weighted by Crippen LogP contribution is 2.39. The molecule has 0 N–H and O–H groups in total. The van der Waals surface area contributed by atoms with Gasteiger partial charge in [0.15, 0.2) is 0 Å². The van der Waals surface area contributed by atoms with Crippen molar-refractivity contribution in [1.29, 1.82) is 0 Å². The minimum absolute atomic E-state index is 0.169. The van der Waals surface area contributed by atoms with Crippen LogP contribution in [0.5, 0.6) is 0 Å². The summed E-state index contributed by atoms with van der Waals surface area (Å²) in [6, 6.07) is 20.2. The van der Waals surface area contributed by atoms with Crippen LogP contribution >= 0.6 is 0 Å². The Hall–Kier alpha value is -2.41. The van der Waals surface area contributed by atoms with Gasteiger partial charge in [0, 0.05) is 0 Å². The lowest BCUT2D eigenvalue weighted by atomic mass is 9.81. The summed E-state index contributed by atoms with van der Waals surface area (Å²) >= 11 is 0. The number of carbonyl (C=O) groups excluding carboxylic acids is 1. The van der Waals surface area contributed by atoms with Gasteiger partial charge in [0.05, 0.1) is 0 Å². The Balaban J connectivity index is 0.000000693. The lowest BCUT2D eigenvalue weighted by molar-refractivity contribution is -0.0979. The van der Waals surface area contributed by atoms with Gasteiger partial charge in [0.2, 0.25) is 0 Å². The molecule has 0 atom stereocenters. The first-order chi connectivity index (χ1) is 10.6. The molecule has 0 aromatic heterocycles. The second-order valence-electron chi connectivity index (χ2n) is 6.72. The molecule has 4 aromatic rings. The number of benzene rings is 4. The SMILES string of the molecule is C=O.CC(C)(C)c1ccc2ccc3cccc4ccc1c2c34. The van der Waals surface area contributed by atoms with E-state index in [9.17, 15) is 0 Å². The van der Waals surface area contributed by atoms with Gasteiger partial charge in [-0.25, -0.2) is 0 Å². The molecule has 22 heavy (non-hydrogen) atoms. The van der Waals surface area contributed by atoms with Crippen molar-refractivity contribution in [2.75, 3.05) is 0 Å². The van der Waals surface area contributed by atoms with Gasteiger partial charge in [0.1, 0.15) is 6.79 Å². The van der Waals surface area contributed by atoms with Crippen LogP contribution in [0.4, 0.5) is 0 Å². The number of rotatable bonds is 0. The highest BCUT2D eigenvalue weighted by Gasteiger charge is 2.18. The van der Waals surface area contributed by atoms with E-state index >= 15 is 0 Å². The number of hydrogen-bond donors (Lipinski definition) is 0. The predicted molar refractivity (Wildman–Crippen MR) is 96.0 cm³/mol. The zero-order chi connectivity index (χ0) is 15.9. The van der Waals surface area contributed by atoms with Crippen LogP contribution in [-0.2, 0) is 10.2 Å². The standard InChI is InChI=1S/C20H18.CH2O/c1-20(2,3)17-12-10-15-8-7-13-5-4-6-14-9-11-16(17)19(15)18(13)14;1-2/h4-12H,1-3H3;1H2. The maximum absolute atomic E-state index is 8.00. The predicted octanol–water partition coefficient (Wildman–Crippen LogP) is 5.70. The molecule has 0 radical (unpaired) electrons. The van der Waals surface area contributed by atoms with E-state index in [-0.39, 0.29) is 5.41 Å². The molecule has 0 saturated heterocycles. The zero-order valence-electron chi connectivity index (χ0n) is 13.3. The Bertz CT molecular complexity index is 929. The molecule has 0 saturated carbocycles. The second kappa shape index (κ2) is 5.10. The molecule has 0 bridgehead atoms. The molecule has 1 nitrogen and oxygen atoms in total. The van der Waals surface area contributed by atoms with Crippen molar-refractivity contribution in [1.82, 2.24) is 0 Å². The van der Waals surface area contributed by atoms with Gasteiger partial charge in [-0.05, 0) is 43.3 Å². The zero-order valence-corrected chi connectivity index (χ0v) is 13.3. The Morgan fingerprint density at radius 1 is 0.682 bits per heavy atom. The average molecular weight is 288 g/mol. The summed E-state index contributed by atoms with van der Waals surface area (Å²) in [5, 5.41) is 8.26. The highest BCUT2D eigenvalue weighted by atomic mass is 16.1. The number of carbonyl (C=O) groups is 1. The van der Waals surface area contributed by atoms with Gasteiger partial charge in [-0.2, -0.15) is 0 Å². The van der Waals surface area contributed by atoms with Gasteiger partial charge in [-0.1, -0.05) is 75.4 Å². The van der Waals surface area contributed by atoms with Gasteiger partial charge in [-0.3, -0.25) is 0 Å². The Kier molecular flexibility index (Phi) is 3.37. The fraction of sp³-hybridized carbons (Fsp3) is 0.190. The summed E-state index contributed by atoms with van der Waals surface area (Å²) < 4.78 is 0. The Morgan fingerprint density at radius 3 is 1.77 bits per heavy atom. The molecule has 4 rings (SSSR count). The van der Waals surface area contributed by atoms with Crippen molar-refractivity contribution in [2.45, 2.75) is 26.2 Å². The molecule has 1 heteroatoms. The van der Waals surface area contributed by atoms with Crippen molar-refractivity contribution in [3.63, 3.8) is 0 Å². The van der Waals surface area contributed by atoms with Crippen LogP contribution in [0.15, 0.2) is 54.6 Å². The lowest BCUT2D eigenvalue weighted by Crippen LogP contribution is -2.11. The van der Waals surface area contributed by atoms with E-state index in [0.29, 0.717) is 0 Å². The molecule has 0 unspecified atom stereocenters. The van der Waals surface area contributed by atoms with Crippen LogP contribution < -0.4 is 0 Å². The minimum atomic E-state index is 0.169. The van der Waals surface area contributed by atoms with Gasteiger partial charge in [-0.15, -0.1) is 0 Å². The first-order valence-electron chi connectivity index (χ1n) is 7.51. The molecule has 0 spiro atoms. The Morgan fingerprint density at radius 2 is 1.18 bits per heavy atom. The van der Waals surface area contributed by atoms with Crippen molar-refractivity contribution in [2.24, 2.45) is 0 Å². The molecular weight excluding hydrogens is 268 g/mol. The van der Waals surface area contributed by atoms with E-state index in [0.717, 1.165) is 0 Å². The van der Waals surface area contributed by atoms with E-state index in [1.165, 1.54) is 37.9 Å². The summed E-state index contributed by atoms with van der Waals surface area (Å²) in [5.74, 6) is 0.